The predicted octanol–water partition coefficient (Wildman–Crippen LogP) is 1.65. The number of esters is 1. The molecule has 20 heavy (non-hydrogen) atoms. The molecule has 0 saturated carbocycles. The maximum atomic E-state index is 11.7. The molecule has 2 heterocycles. The van der Waals surface area contributed by atoms with Crippen molar-refractivity contribution < 1.29 is 9.53 Å². The summed E-state index contributed by atoms with van der Waals surface area (Å²) in [4.78, 5) is 16.2. The van der Waals surface area contributed by atoms with Crippen LogP contribution in [0.15, 0.2) is 5.38 Å². The zero-order valence-corrected chi connectivity index (χ0v) is 12.8. The Bertz CT molecular complexity index is 599. The zero-order valence-electron chi connectivity index (χ0n) is 12.0. The third-order valence-electron chi connectivity index (χ3n) is 2.60. The van der Waals surface area contributed by atoms with E-state index >= 15 is 0 Å². The number of carbonyl (C=O) groups excluding carboxylic acids is 1. The van der Waals surface area contributed by atoms with Crippen molar-refractivity contribution >= 4 is 17.3 Å². The van der Waals surface area contributed by atoms with Gasteiger partial charge in [0.15, 0.2) is 0 Å². The Morgan fingerprint density at radius 3 is 2.80 bits per heavy atom. The van der Waals surface area contributed by atoms with Crippen LogP contribution in [0.2, 0.25) is 0 Å². The minimum atomic E-state index is -0.523. The summed E-state index contributed by atoms with van der Waals surface area (Å²) in [7, 11) is 0. The topological polar surface area (TPSA) is 82.8 Å². The fourth-order valence-electron chi connectivity index (χ4n) is 1.51. The average Bonchev–Trinajstić information content (AvgIpc) is 2.98. The Kier molecular flexibility index (Phi) is 4.12. The maximum Gasteiger partial charge on any atom is 0.378 e. The van der Waals surface area contributed by atoms with Gasteiger partial charge < -0.3 is 4.74 Å². The summed E-state index contributed by atoms with van der Waals surface area (Å²) in [5.41, 5.74) is 1.02. The van der Waals surface area contributed by atoms with Crippen molar-refractivity contribution in [1.29, 1.82) is 0 Å². The molecule has 2 rings (SSSR count). The number of carbonyl (C=O) groups is 1. The van der Waals surface area contributed by atoms with Crippen LogP contribution in [0, 0.1) is 0 Å². The second-order valence-corrected chi connectivity index (χ2v) is 6.20. The van der Waals surface area contributed by atoms with Gasteiger partial charge >= 0.3 is 5.97 Å². The van der Waals surface area contributed by atoms with Crippen LogP contribution in [0.4, 0.5) is 0 Å². The Morgan fingerprint density at radius 2 is 2.20 bits per heavy atom. The summed E-state index contributed by atoms with van der Waals surface area (Å²) in [5.74, 6) is -0.426. The summed E-state index contributed by atoms with van der Waals surface area (Å²) >= 11 is 1.53. The van der Waals surface area contributed by atoms with Crippen molar-refractivity contribution in [2.75, 3.05) is 6.61 Å². The Balaban J connectivity index is 2.17. The molecule has 2 aromatic rings. The third-order valence-corrected chi connectivity index (χ3v) is 3.43. The highest BCUT2D eigenvalue weighted by Gasteiger charge is 2.20. The van der Waals surface area contributed by atoms with Gasteiger partial charge in [-0.15, -0.1) is 16.4 Å². The van der Waals surface area contributed by atoms with Gasteiger partial charge in [0, 0.05) is 10.8 Å². The summed E-state index contributed by atoms with van der Waals surface area (Å²) in [6, 6.07) is 0. The fourth-order valence-corrected chi connectivity index (χ4v) is 2.51. The van der Waals surface area contributed by atoms with E-state index in [0.717, 1.165) is 10.7 Å². The molecule has 0 spiro atoms. The predicted molar refractivity (Wildman–Crippen MR) is 73.7 cm³/mol. The van der Waals surface area contributed by atoms with Crippen molar-refractivity contribution in [2.45, 2.75) is 39.7 Å². The monoisotopic (exact) mass is 295 g/mol. The molecule has 0 aliphatic carbocycles. The summed E-state index contributed by atoms with van der Waals surface area (Å²) < 4.78 is 6.31. The lowest BCUT2D eigenvalue weighted by atomic mass is 9.93. The SMILES string of the molecule is CCOC(=O)c1nnnn1Cc1nc(C(C)(C)C)cs1. The molecule has 0 radical (unpaired) electrons. The fraction of sp³-hybridized carbons (Fsp3) is 0.583. The Labute approximate surface area is 121 Å². The van der Waals surface area contributed by atoms with Gasteiger partial charge in [-0.25, -0.2) is 14.5 Å². The van der Waals surface area contributed by atoms with E-state index in [2.05, 4.69) is 41.3 Å². The van der Waals surface area contributed by atoms with Crippen LogP contribution in [-0.4, -0.2) is 37.8 Å². The molecule has 0 aromatic carbocycles. The molecule has 0 atom stereocenters. The Morgan fingerprint density at radius 1 is 1.45 bits per heavy atom. The van der Waals surface area contributed by atoms with Gasteiger partial charge in [0.1, 0.15) is 5.01 Å². The lowest BCUT2D eigenvalue weighted by Crippen LogP contribution is -2.16. The molecule has 0 unspecified atom stereocenters. The van der Waals surface area contributed by atoms with E-state index in [1.54, 1.807) is 6.92 Å². The highest BCUT2D eigenvalue weighted by Crippen LogP contribution is 2.24. The third kappa shape index (κ3) is 3.19. The van der Waals surface area contributed by atoms with Crippen molar-refractivity contribution in [3.63, 3.8) is 0 Å². The van der Waals surface area contributed by atoms with Crippen LogP contribution in [0.3, 0.4) is 0 Å². The number of hydrogen-bond donors (Lipinski definition) is 0. The number of tetrazole rings is 1. The molecule has 0 aliphatic rings. The lowest BCUT2D eigenvalue weighted by molar-refractivity contribution is 0.0505. The largest absolute Gasteiger partial charge is 0.460 e. The number of aromatic nitrogens is 5. The summed E-state index contributed by atoms with van der Waals surface area (Å²) in [5, 5.41) is 13.9. The molecule has 108 valence electrons. The van der Waals surface area contributed by atoms with Crippen molar-refractivity contribution in [3.05, 3.63) is 21.9 Å². The van der Waals surface area contributed by atoms with Crippen molar-refractivity contribution in [1.82, 2.24) is 25.2 Å². The minimum Gasteiger partial charge on any atom is -0.460 e. The molecule has 7 nitrogen and oxygen atoms in total. The normalized spacial score (nSPS) is 11.6. The second kappa shape index (κ2) is 5.66. The average molecular weight is 295 g/mol. The molecule has 0 bridgehead atoms. The smallest absolute Gasteiger partial charge is 0.378 e. The number of thiazole rings is 1. The van der Waals surface area contributed by atoms with Gasteiger partial charge in [-0.1, -0.05) is 20.8 Å². The number of ether oxygens (including phenoxy) is 1. The van der Waals surface area contributed by atoms with E-state index in [4.69, 9.17) is 4.74 Å². The van der Waals surface area contributed by atoms with Gasteiger partial charge in [0.2, 0.25) is 0 Å². The number of nitrogens with zero attached hydrogens (tertiary/aromatic N) is 5. The number of rotatable bonds is 4. The van der Waals surface area contributed by atoms with Gasteiger partial charge in [0.05, 0.1) is 18.8 Å². The van der Waals surface area contributed by atoms with Crippen LogP contribution in [0.25, 0.3) is 0 Å². The first kappa shape index (κ1) is 14.6. The minimum absolute atomic E-state index is 0.000657. The van der Waals surface area contributed by atoms with Gasteiger partial charge in [-0.05, 0) is 17.4 Å². The molecule has 0 saturated heterocycles. The zero-order chi connectivity index (χ0) is 14.8. The standard InChI is InChI=1S/C12H17N5O2S/c1-5-19-11(18)10-14-15-16-17(10)6-9-13-8(7-20-9)12(2,3)4/h7H,5-6H2,1-4H3. The first-order valence-corrected chi connectivity index (χ1v) is 7.18. The first-order valence-electron chi connectivity index (χ1n) is 6.30. The molecule has 0 fully saturated rings. The molecular formula is C12H17N5O2S. The van der Waals surface area contributed by atoms with Gasteiger partial charge in [-0.2, -0.15) is 0 Å². The number of hydrogen-bond acceptors (Lipinski definition) is 7. The molecular weight excluding hydrogens is 278 g/mol. The van der Waals surface area contributed by atoms with Crippen molar-refractivity contribution in [2.24, 2.45) is 0 Å². The molecule has 0 N–H and O–H groups in total. The van der Waals surface area contributed by atoms with Crippen LogP contribution >= 0.6 is 11.3 Å². The molecule has 0 aliphatic heterocycles. The summed E-state index contributed by atoms with van der Waals surface area (Å²) in [6.45, 7) is 8.70. The Hall–Kier alpha value is -1.83. The molecule has 0 amide bonds. The van der Waals surface area contributed by atoms with Gasteiger partial charge in [-0.3, -0.25) is 0 Å². The van der Waals surface area contributed by atoms with E-state index in [1.807, 2.05) is 5.38 Å². The van der Waals surface area contributed by atoms with Gasteiger partial charge in [0.25, 0.3) is 5.82 Å². The van der Waals surface area contributed by atoms with Crippen LogP contribution in [0.1, 0.15) is 49.0 Å². The first-order chi connectivity index (χ1) is 9.41. The summed E-state index contributed by atoms with van der Waals surface area (Å²) in [6.07, 6.45) is 0. The van der Waals surface area contributed by atoms with E-state index in [1.165, 1.54) is 16.0 Å². The van der Waals surface area contributed by atoms with Crippen LogP contribution in [-0.2, 0) is 16.7 Å². The van der Waals surface area contributed by atoms with Crippen LogP contribution in [0.5, 0.6) is 0 Å². The van der Waals surface area contributed by atoms with Crippen molar-refractivity contribution in [3.8, 4) is 0 Å². The van der Waals surface area contributed by atoms with E-state index in [0.29, 0.717) is 6.54 Å². The van der Waals surface area contributed by atoms with E-state index in [-0.39, 0.29) is 17.8 Å². The van der Waals surface area contributed by atoms with E-state index < -0.39 is 5.97 Å². The quantitative estimate of drug-likeness (QED) is 0.798. The maximum absolute atomic E-state index is 11.7. The molecule has 8 heteroatoms. The second-order valence-electron chi connectivity index (χ2n) is 5.26. The highest BCUT2D eigenvalue weighted by atomic mass is 32.1. The van der Waals surface area contributed by atoms with E-state index in [9.17, 15) is 4.79 Å². The highest BCUT2D eigenvalue weighted by molar-refractivity contribution is 7.09. The van der Waals surface area contributed by atoms with Crippen LogP contribution < -0.4 is 0 Å². The lowest BCUT2D eigenvalue weighted by Gasteiger charge is -2.14. The molecule has 2 aromatic heterocycles.